The summed E-state index contributed by atoms with van der Waals surface area (Å²) in [6, 6.07) is 9.51. The standard InChI is InChI=1S/C14H16BrNO2/c15-10-14(5-7-17-8-6-14)11-18-13-4-2-1-3-12(13)9-16/h1-4H,5-8,10-11H2. The van der Waals surface area contributed by atoms with E-state index < -0.39 is 0 Å². The third-order valence-electron chi connectivity index (χ3n) is 3.38. The Bertz CT molecular complexity index is 436. The van der Waals surface area contributed by atoms with Gasteiger partial charge in [-0.1, -0.05) is 28.1 Å². The molecule has 0 saturated carbocycles. The topological polar surface area (TPSA) is 42.2 Å². The number of para-hydroxylation sites is 1. The first-order valence-electron chi connectivity index (χ1n) is 6.05. The van der Waals surface area contributed by atoms with Crippen molar-refractivity contribution in [1.29, 1.82) is 5.26 Å². The normalized spacial score (nSPS) is 18.0. The van der Waals surface area contributed by atoms with Gasteiger partial charge in [-0.05, 0) is 25.0 Å². The zero-order valence-corrected chi connectivity index (χ0v) is 11.8. The molecule has 0 N–H and O–H groups in total. The Balaban J connectivity index is 2.03. The fourth-order valence-corrected chi connectivity index (χ4v) is 2.76. The number of halogens is 1. The molecule has 0 aromatic heterocycles. The molecule has 1 heterocycles. The van der Waals surface area contributed by atoms with Crippen LogP contribution >= 0.6 is 15.9 Å². The third kappa shape index (κ3) is 3.04. The zero-order valence-electron chi connectivity index (χ0n) is 10.2. The molecule has 0 aliphatic carbocycles. The van der Waals surface area contributed by atoms with E-state index in [1.54, 1.807) is 6.07 Å². The number of nitrogens with zero attached hydrogens (tertiary/aromatic N) is 1. The summed E-state index contributed by atoms with van der Waals surface area (Å²) in [4.78, 5) is 0. The molecule has 0 amide bonds. The summed E-state index contributed by atoms with van der Waals surface area (Å²) in [5.74, 6) is 0.673. The maximum Gasteiger partial charge on any atom is 0.137 e. The van der Waals surface area contributed by atoms with Crippen molar-refractivity contribution < 1.29 is 9.47 Å². The predicted molar refractivity (Wildman–Crippen MR) is 72.9 cm³/mol. The van der Waals surface area contributed by atoms with E-state index in [-0.39, 0.29) is 5.41 Å². The van der Waals surface area contributed by atoms with Gasteiger partial charge in [0.05, 0.1) is 12.2 Å². The van der Waals surface area contributed by atoms with Crippen LogP contribution in [0.3, 0.4) is 0 Å². The van der Waals surface area contributed by atoms with Crippen molar-refractivity contribution >= 4 is 15.9 Å². The van der Waals surface area contributed by atoms with Gasteiger partial charge in [-0.15, -0.1) is 0 Å². The molecule has 18 heavy (non-hydrogen) atoms. The number of hydrogen-bond donors (Lipinski definition) is 0. The summed E-state index contributed by atoms with van der Waals surface area (Å²) in [5.41, 5.74) is 0.718. The highest BCUT2D eigenvalue weighted by Crippen LogP contribution is 2.33. The summed E-state index contributed by atoms with van der Waals surface area (Å²) in [6.07, 6.45) is 1.99. The lowest BCUT2D eigenvalue weighted by atomic mass is 9.83. The summed E-state index contributed by atoms with van der Waals surface area (Å²) >= 11 is 3.58. The second-order valence-electron chi connectivity index (χ2n) is 4.64. The van der Waals surface area contributed by atoms with Crippen molar-refractivity contribution in [1.82, 2.24) is 0 Å². The van der Waals surface area contributed by atoms with Gasteiger partial charge in [0.1, 0.15) is 11.8 Å². The van der Waals surface area contributed by atoms with Gasteiger partial charge in [-0.25, -0.2) is 0 Å². The Kier molecular flexibility index (Phi) is 4.62. The molecule has 1 aromatic carbocycles. The van der Waals surface area contributed by atoms with Crippen LogP contribution in [-0.4, -0.2) is 25.2 Å². The number of nitriles is 1. The van der Waals surface area contributed by atoms with Crippen LogP contribution in [-0.2, 0) is 4.74 Å². The monoisotopic (exact) mass is 309 g/mol. The summed E-state index contributed by atoms with van der Waals surface area (Å²) in [6.45, 7) is 2.20. The molecule has 1 saturated heterocycles. The lowest BCUT2D eigenvalue weighted by molar-refractivity contribution is 0.00350. The molecule has 2 rings (SSSR count). The van der Waals surface area contributed by atoms with E-state index in [0.717, 1.165) is 31.4 Å². The van der Waals surface area contributed by atoms with Crippen LogP contribution in [0.5, 0.6) is 5.75 Å². The number of benzene rings is 1. The Labute approximate surface area is 116 Å². The lowest BCUT2D eigenvalue weighted by Crippen LogP contribution is -2.36. The molecular formula is C14H16BrNO2. The van der Waals surface area contributed by atoms with Crippen LogP contribution in [0.4, 0.5) is 0 Å². The number of rotatable bonds is 4. The van der Waals surface area contributed by atoms with Gasteiger partial charge in [0.2, 0.25) is 0 Å². The van der Waals surface area contributed by atoms with Crippen LogP contribution in [0.25, 0.3) is 0 Å². The van der Waals surface area contributed by atoms with Gasteiger partial charge in [0.25, 0.3) is 0 Å². The second-order valence-corrected chi connectivity index (χ2v) is 5.20. The quantitative estimate of drug-likeness (QED) is 0.802. The average molecular weight is 310 g/mol. The Morgan fingerprint density at radius 2 is 2.06 bits per heavy atom. The molecule has 0 atom stereocenters. The smallest absolute Gasteiger partial charge is 0.137 e. The van der Waals surface area contributed by atoms with E-state index in [0.29, 0.717) is 17.9 Å². The van der Waals surface area contributed by atoms with Crippen LogP contribution in [0.2, 0.25) is 0 Å². The molecule has 1 aliphatic heterocycles. The van der Waals surface area contributed by atoms with Gasteiger partial charge in [0.15, 0.2) is 0 Å². The first-order chi connectivity index (χ1) is 8.79. The minimum absolute atomic E-state index is 0.126. The molecule has 0 radical (unpaired) electrons. The molecule has 3 nitrogen and oxygen atoms in total. The summed E-state index contributed by atoms with van der Waals surface area (Å²) in [5, 5.41) is 9.92. The maximum atomic E-state index is 9.02. The number of hydrogen-bond acceptors (Lipinski definition) is 3. The van der Waals surface area contributed by atoms with Crippen molar-refractivity contribution in [3.05, 3.63) is 29.8 Å². The summed E-state index contributed by atoms with van der Waals surface area (Å²) in [7, 11) is 0. The minimum atomic E-state index is 0.126. The molecule has 4 heteroatoms. The highest BCUT2D eigenvalue weighted by Gasteiger charge is 2.32. The van der Waals surface area contributed by atoms with Crippen molar-refractivity contribution in [3.63, 3.8) is 0 Å². The molecule has 0 bridgehead atoms. The highest BCUT2D eigenvalue weighted by atomic mass is 79.9. The molecule has 0 unspecified atom stereocenters. The van der Waals surface area contributed by atoms with Crippen molar-refractivity contribution in [2.75, 3.05) is 25.2 Å². The Hall–Kier alpha value is -1.05. The molecule has 1 fully saturated rings. The first kappa shape index (κ1) is 13.4. The van der Waals surface area contributed by atoms with E-state index in [4.69, 9.17) is 14.7 Å². The third-order valence-corrected chi connectivity index (χ3v) is 4.57. The van der Waals surface area contributed by atoms with Gasteiger partial charge in [-0.3, -0.25) is 0 Å². The van der Waals surface area contributed by atoms with Crippen LogP contribution in [0.15, 0.2) is 24.3 Å². The average Bonchev–Trinajstić information content (AvgIpc) is 2.46. The van der Waals surface area contributed by atoms with Crippen LogP contribution in [0, 0.1) is 16.7 Å². The van der Waals surface area contributed by atoms with Crippen LogP contribution < -0.4 is 4.74 Å². The minimum Gasteiger partial charge on any atom is -0.492 e. The van der Waals surface area contributed by atoms with Gasteiger partial charge in [-0.2, -0.15) is 5.26 Å². The van der Waals surface area contributed by atoms with E-state index in [2.05, 4.69) is 22.0 Å². The molecular weight excluding hydrogens is 294 g/mol. The Morgan fingerprint density at radius 1 is 1.33 bits per heavy atom. The molecule has 0 spiro atoms. The molecule has 1 aromatic rings. The zero-order chi connectivity index (χ0) is 12.8. The van der Waals surface area contributed by atoms with Crippen LogP contribution in [0.1, 0.15) is 18.4 Å². The molecule has 96 valence electrons. The SMILES string of the molecule is N#Cc1ccccc1OCC1(CBr)CCOCC1. The highest BCUT2D eigenvalue weighted by molar-refractivity contribution is 9.09. The second kappa shape index (κ2) is 6.21. The van der Waals surface area contributed by atoms with E-state index in [9.17, 15) is 0 Å². The van der Waals surface area contributed by atoms with E-state index in [1.165, 1.54) is 0 Å². The van der Waals surface area contributed by atoms with Crippen molar-refractivity contribution in [2.45, 2.75) is 12.8 Å². The fourth-order valence-electron chi connectivity index (χ4n) is 2.04. The molecule has 1 aliphatic rings. The fraction of sp³-hybridized carbons (Fsp3) is 0.500. The van der Waals surface area contributed by atoms with E-state index in [1.807, 2.05) is 18.2 Å². The first-order valence-corrected chi connectivity index (χ1v) is 7.17. The van der Waals surface area contributed by atoms with Crippen molar-refractivity contribution in [3.8, 4) is 11.8 Å². The lowest BCUT2D eigenvalue weighted by Gasteiger charge is -2.35. The van der Waals surface area contributed by atoms with Gasteiger partial charge in [0, 0.05) is 24.0 Å². The van der Waals surface area contributed by atoms with Gasteiger partial charge < -0.3 is 9.47 Å². The number of ether oxygens (including phenoxy) is 2. The van der Waals surface area contributed by atoms with E-state index >= 15 is 0 Å². The summed E-state index contributed by atoms with van der Waals surface area (Å²) < 4.78 is 11.2. The Morgan fingerprint density at radius 3 is 2.72 bits per heavy atom. The van der Waals surface area contributed by atoms with Crippen molar-refractivity contribution in [2.24, 2.45) is 5.41 Å². The maximum absolute atomic E-state index is 9.02. The predicted octanol–water partition coefficient (Wildman–Crippen LogP) is 3.13. The largest absolute Gasteiger partial charge is 0.492 e. The van der Waals surface area contributed by atoms with Gasteiger partial charge >= 0.3 is 0 Å². The number of alkyl halides is 1.